The van der Waals surface area contributed by atoms with E-state index < -0.39 is 0 Å². The number of nitrogens with zero attached hydrogens (tertiary/aromatic N) is 3. The third-order valence-electron chi connectivity index (χ3n) is 5.80. The molecule has 2 aromatic rings. The van der Waals surface area contributed by atoms with Crippen molar-refractivity contribution >= 4 is 5.78 Å². The Hall–Kier alpha value is -1.97. The molecule has 0 N–H and O–H groups in total. The minimum Gasteiger partial charge on any atom is -0.299 e. The predicted molar refractivity (Wildman–Crippen MR) is 83.6 cm³/mol. The van der Waals surface area contributed by atoms with Crippen LogP contribution in [0.25, 0.3) is 5.69 Å². The van der Waals surface area contributed by atoms with Crippen LogP contribution in [0.5, 0.6) is 0 Å². The number of aromatic nitrogens is 3. The Morgan fingerprint density at radius 2 is 2.00 bits per heavy atom. The van der Waals surface area contributed by atoms with Crippen LogP contribution in [-0.4, -0.2) is 20.8 Å². The minimum absolute atomic E-state index is 0.137. The number of carbonyl (C=O) groups excluding carboxylic acids is 1. The van der Waals surface area contributed by atoms with Gasteiger partial charge in [-0.3, -0.25) is 4.79 Å². The van der Waals surface area contributed by atoms with Crippen LogP contribution in [0, 0.1) is 23.2 Å². The zero-order chi connectivity index (χ0) is 15.3. The molecule has 1 aromatic heterocycles. The van der Waals surface area contributed by atoms with Crippen molar-refractivity contribution in [1.29, 1.82) is 0 Å². The van der Waals surface area contributed by atoms with E-state index in [0.29, 0.717) is 11.7 Å². The van der Waals surface area contributed by atoms with Crippen molar-refractivity contribution in [2.24, 2.45) is 23.2 Å². The van der Waals surface area contributed by atoms with Gasteiger partial charge in [0.2, 0.25) is 0 Å². The van der Waals surface area contributed by atoms with E-state index in [9.17, 15) is 4.79 Å². The fourth-order valence-electron chi connectivity index (χ4n) is 4.18. The van der Waals surface area contributed by atoms with Crippen molar-refractivity contribution in [1.82, 2.24) is 15.0 Å². The summed E-state index contributed by atoms with van der Waals surface area (Å²) in [7, 11) is 0. The molecule has 3 saturated carbocycles. The Morgan fingerprint density at radius 3 is 2.68 bits per heavy atom. The summed E-state index contributed by atoms with van der Waals surface area (Å²) in [5.41, 5.74) is 2.14. The van der Waals surface area contributed by atoms with Crippen molar-refractivity contribution in [3.05, 3.63) is 42.2 Å². The maximum absolute atomic E-state index is 12.6. The molecule has 0 amide bonds. The maximum atomic E-state index is 12.6. The van der Waals surface area contributed by atoms with Gasteiger partial charge in [0.25, 0.3) is 0 Å². The van der Waals surface area contributed by atoms with E-state index in [1.54, 1.807) is 4.68 Å². The van der Waals surface area contributed by atoms with E-state index in [4.69, 9.17) is 0 Å². The van der Waals surface area contributed by atoms with Crippen LogP contribution in [0.15, 0.2) is 36.5 Å². The molecule has 4 nitrogen and oxygen atoms in total. The van der Waals surface area contributed by atoms with E-state index in [1.165, 1.54) is 0 Å². The average Bonchev–Trinajstić information content (AvgIpc) is 2.98. The molecular weight excluding hydrogens is 274 g/mol. The summed E-state index contributed by atoms with van der Waals surface area (Å²) in [6.07, 6.45) is 4.79. The number of fused-ring (bicyclic) bond motifs is 2. The number of hydrogen-bond donors (Lipinski definition) is 0. The van der Waals surface area contributed by atoms with E-state index >= 15 is 0 Å². The first-order valence-electron chi connectivity index (χ1n) is 8.06. The fourth-order valence-corrected chi connectivity index (χ4v) is 4.18. The highest BCUT2D eigenvalue weighted by Gasteiger charge is 2.57. The minimum atomic E-state index is 0.137. The number of ketones is 1. The van der Waals surface area contributed by atoms with Crippen molar-refractivity contribution in [3.8, 4) is 5.69 Å². The molecule has 5 rings (SSSR count). The highest BCUT2D eigenvalue weighted by atomic mass is 16.1. The summed E-state index contributed by atoms with van der Waals surface area (Å²) >= 11 is 0. The lowest BCUT2D eigenvalue weighted by atomic mass is 9.46. The number of benzene rings is 1. The molecule has 2 bridgehead atoms. The quantitative estimate of drug-likeness (QED) is 0.874. The summed E-state index contributed by atoms with van der Waals surface area (Å²) in [4.78, 5) is 12.6. The Kier molecular flexibility index (Phi) is 2.96. The number of para-hydroxylation sites is 1. The van der Waals surface area contributed by atoms with Crippen molar-refractivity contribution in [2.75, 3.05) is 0 Å². The maximum Gasteiger partial charge on any atom is 0.139 e. The lowest BCUT2D eigenvalue weighted by Crippen LogP contribution is -2.56. The number of rotatable bonds is 3. The molecule has 1 heterocycles. The first-order valence-corrected chi connectivity index (χ1v) is 8.06. The standard InChI is InChI=1S/C18H21N3O/c1-18(2)13-8-12(17(22)16(18)10-13)9-14-11-21(20-19-14)15-6-4-3-5-7-15/h3-7,11-13,16H,8-10H2,1-2H3/t12-,13+,16+/m1/s1. The van der Waals surface area contributed by atoms with Gasteiger partial charge < -0.3 is 0 Å². The van der Waals surface area contributed by atoms with Gasteiger partial charge in [0, 0.05) is 18.3 Å². The van der Waals surface area contributed by atoms with Gasteiger partial charge in [0.05, 0.1) is 17.6 Å². The third-order valence-corrected chi connectivity index (χ3v) is 5.80. The summed E-state index contributed by atoms with van der Waals surface area (Å²) in [6, 6.07) is 9.95. The predicted octanol–water partition coefficient (Wildman–Crippen LogP) is 3.06. The third kappa shape index (κ3) is 2.01. The second-order valence-corrected chi connectivity index (χ2v) is 7.34. The first kappa shape index (κ1) is 13.7. The Balaban J connectivity index is 1.49. The lowest BCUT2D eigenvalue weighted by molar-refractivity contribution is -0.156. The zero-order valence-corrected chi connectivity index (χ0v) is 13.1. The second kappa shape index (κ2) is 4.77. The van der Waals surface area contributed by atoms with Gasteiger partial charge in [-0.1, -0.05) is 37.3 Å². The van der Waals surface area contributed by atoms with Gasteiger partial charge in [-0.2, -0.15) is 0 Å². The van der Waals surface area contributed by atoms with Gasteiger partial charge in [-0.25, -0.2) is 4.68 Å². The molecule has 3 aliphatic carbocycles. The van der Waals surface area contributed by atoms with Crippen LogP contribution in [0.2, 0.25) is 0 Å². The number of Topliss-reactive ketones (excluding diaryl/α,β-unsaturated/α-hetero) is 1. The average molecular weight is 295 g/mol. The molecule has 0 saturated heterocycles. The van der Waals surface area contributed by atoms with Crippen LogP contribution < -0.4 is 0 Å². The van der Waals surface area contributed by atoms with E-state index in [0.717, 1.165) is 30.6 Å². The SMILES string of the molecule is CC1(C)[C@H]2C[C@H](Cc3cn(-c4ccccc4)nn3)C(=O)[C@@H]1C2. The van der Waals surface area contributed by atoms with Crippen LogP contribution in [0.1, 0.15) is 32.4 Å². The Bertz CT molecular complexity index is 704. The zero-order valence-electron chi connectivity index (χ0n) is 13.1. The largest absolute Gasteiger partial charge is 0.299 e. The smallest absolute Gasteiger partial charge is 0.139 e. The number of hydrogen-bond acceptors (Lipinski definition) is 3. The molecule has 1 aromatic carbocycles. The molecule has 0 aliphatic heterocycles. The molecule has 4 heteroatoms. The molecule has 0 spiro atoms. The summed E-state index contributed by atoms with van der Waals surface area (Å²) in [5.74, 6) is 1.55. The second-order valence-electron chi connectivity index (χ2n) is 7.34. The number of carbonyl (C=O) groups is 1. The van der Waals surface area contributed by atoms with Crippen LogP contribution in [0.4, 0.5) is 0 Å². The molecule has 22 heavy (non-hydrogen) atoms. The van der Waals surface area contributed by atoms with Gasteiger partial charge in [-0.15, -0.1) is 5.10 Å². The van der Waals surface area contributed by atoms with Crippen LogP contribution in [0.3, 0.4) is 0 Å². The van der Waals surface area contributed by atoms with Gasteiger partial charge in [0.1, 0.15) is 5.78 Å². The summed E-state index contributed by atoms with van der Waals surface area (Å²) < 4.78 is 1.79. The Morgan fingerprint density at radius 1 is 1.23 bits per heavy atom. The highest BCUT2D eigenvalue weighted by Crippen LogP contribution is 2.59. The summed E-state index contributed by atoms with van der Waals surface area (Å²) in [5, 5.41) is 8.45. The van der Waals surface area contributed by atoms with Gasteiger partial charge >= 0.3 is 0 Å². The van der Waals surface area contributed by atoms with E-state index in [2.05, 4.69) is 24.2 Å². The van der Waals surface area contributed by atoms with Crippen LogP contribution >= 0.6 is 0 Å². The lowest BCUT2D eigenvalue weighted by Gasteiger charge is -2.57. The fraction of sp³-hybridized carbons (Fsp3) is 0.500. The molecule has 3 fully saturated rings. The van der Waals surface area contributed by atoms with E-state index in [-0.39, 0.29) is 17.3 Å². The van der Waals surface area contributed by atoms with Crippen molar-refractivity contribution in [2.45, 2.75) is 33.1 Å². The molecule has 3 aliphatic rings. The molecule has 0 unspecified atom stereocenters. The summed E-state index contributed by atoms with van der Waals surface area (Å²) in [6.45, 7) is 4.48. The Labute approximate surface area is 130 Å². The monoisotopic (exact) mass is 295 g/mol. The van der Waals surface area contributed by atoms with Gasteiger partial charge in [-0.05, 0) is 36.3 Å². The van der Waals surface area contributed by atoms with Crippen molar-refractivity contribution in [3.63, 3.8) is 0 Å². The van der Waals surface area contributed by atoms with Crippen LogP contribution in [-0.2, 0) is 11.2 Å². The molecule has 0 radical (unpaired) electrons. The molecular formula is C18H21N3O. The first-order chi connectivity index (χ1) is 10.6. The topological polar surface area (TPSA) is 47.8 Å². The van der Waals surface area contributed by atoms with Crippen molar-refractivity contribution < 1.29 is 4.79 Å². The highest BCUT2D eigenvalue weighted by molar-refractivity contribution is 5.87. The molecule has 3 atom stereocenters. The normalized spacial score (nSPS) is 29.2. The molecule has 114 valence electrons. The van der Waals surface area contributed by atoms with E-state index in [1.807, 2.05) is 36.5 Å². The van der Waals surface area contributed by atoms with Gasteiger partial charge in [0.15, 0.2) is 0 Å².